The molecule has 0 saturated carbocycles. The Hall–Kier alpha value is -1.67. The highest BCUT2D eigenvalue weighted by atomic mass is 35.5. The number of benzene rings is 1. The predicted octanol–water partition coefficient (Wildman–Crippen LogP) is 1.70. The molecule has 20 heavy (non-hydrogen) atoms. The number of amides is 1. The number of aliphatic hydroxyl groups is 1. The van der Waals surface area contributed by atoms with Gasteiger partial charge in [0.1, 0.15) is 5.75 Å². The zero-order valence-electron chi connectivity index (χ0n) is 10.1. The molecular weight excluding hydrogens is 301 g/mol. The Morgan fingerprint density at radius 1 is 1.50 bits per heavy atom. The number of hydrogen-bond acceptors (Lipinski definition) is 4. The number of carbonyl (C=O) groups excluding carboxylic acids is 1. The minimum absolute atomic E-state index is 0.0171. The number of ether oxygens (including phenoxy) is 1. The summed E-state index contributed by atoms with van der Waals surface area (Å²) in [6.45, 7) is -0.0563. The Balaban J connectivity index is 2.97. The van der Waals surface area contributed by atoms with Gasteiger partial charge in [-0.05, 0) is 12.1 Å². The number of halogens is 4. The highest BCUT2D eigenvalue weighted by Crippen LogP contribution is 2.27. The van der Waals surface area contributed by atoms with Crippen molar-refractivity contribution in [1.82, 2.24) is 0 Å². The fourth-order valence-corrected chi connectivity index (χ4v) is 1.47. The zero-order chi connectivity index (χ0) is 15.3. The molecule has 4 N–H and O–H groups in total. The van der Waals surface area contributed by atoms with Gasteiger partial charge in [-0.15, -0.1) is 24.8 Å². The second-order valence-corrected chi connectivity index (χ2v) is 4.12. The molecule has 9 heteroatoms. The molecule has 1 aromatic rings. The van der Waals surface area contributed by atoms with Crippen molar-refractivity contribution in [3.05, 3.63) is 23.8 Å². The van der Waals surface area contributed by atoms with Crippen LogP contribution in [-0.4, -0.2) is 35.9 Å². The maximum atomic E-state index is 12.1. The van der Waals surface area contributed by atoms with Crippen molar-refractivity contribution in [2.75, 3.05) is 17.7 Å². The van der Waals surface area contributed by atoms with E-state index in [9.17, 15) is 23.1 Å². The first kappa shape index (κ1) is 16.4. The molecule has 5 nitrogen and oxygen atoms in total. The van der Waals surface area contributed by atoms with Crippen molar-refractivity contribution in [2.24, 2.45) is 5.73 Å². The lowest BCUT2D eigenvalue weighted by Crippen LogP contribution is -2.23. The third-order valence-corrected chi connectivity index (χ3v) is 2.55. The van der Waals surface area contributed by atoms with Gasteiger partial charge in [0.2, 0.25) is 0 Å². The second-order valence-electron chi connectivity index (χ2n) is 3.81. The molecule has 0 fully saturated rings. The van der Waals surface area contributed by atoms with Gasteiger partial charge in [-0.25, -0.2) is 0 Å². The SMILES string of the molecule is NC(=O)c1ccc(OC(F)(F)F)cc1NCC(O)CCl. The number of hydrogen-bond donors (Lipinski definition) is 3. The summed E-state index contributed by atoms with van der Waals surface area (Å²) in [6, 6.07) is 3.03. The fraction of sp³-hybridized carbons (Fsp3) is 0.364. The minimum Gasteiger partial charge on any atom is -0.406 e. The van der Waals surface area contributed by atoms with Gasteiger partial charge in [-0.2, -0.15) is 0 Å². The van der Waals surface area contributed by atoms with Crippen LogP contribution in [0.25, 0.3) is 0 Å². The van der Waals surface area contributed by atoms with Gasteiger partial charge in [0, 0.05) is 12.6 Å². The quantitative estimate of drug-likeness (QED) is 0.698. The van der Waals surface area contributed by atoms with E-state index in [0.29, 0.717) is 0 Å². The van der Waals surface area contributed by atoms with Gasteiger partial charge < -0.3 is 20.9 Å². The molecule has 1 unspecified atom stereocenters. The summed E-state index contributed by atoms with van der Waals surface area (Å²) in [5.74, 6) is -1.41. The largest absolute Gasteiger partial charge is 0.573 e. The van der Waals surface area contributed by atoms with Gasteiger partial charge in [0.15, 0.2) is 0 Å². The third kappa shape index (κ3) is 5.14. The standard InChI is InChI=1S/C11H12ClF3N2O3/c12-4-6(18)5-17-9-3-7(20-11(13,14)15)1-2-8(9)10(16)19/h1-3,6,17-18H,4-5H2,(H2,16,19). The highest BCUT2D eigenvalue weighted by Gasteiger charge is 2.31. The first-order chi connectivity index (χ1) is 9.23. The summed E-state index contributed by atoms with van der Waals surface area (Å²) >= 11 is 5.38. The summed E-state index contributed by atoms with van der Waals surface area (Å²) in [6.07, 6.45) is -5.77. The molecule has 0 aromatic heterocycles. The molecule has 0 spiro atoms. The van der Waals surface area contributed by atoms with Crippen LogP contribution in [0.4, 0.5) is 18.9 Å². The van der Waals surface area contributed by atoms with Crippen LogP contribution in [0.2, 0.25) is 0 Å². The van der Waals surface area contributed by atoms with Gasteiger partial charge in [-0.1, -0.05) is 0 Å². The molecule has 0 aliphatic rings. The summed E-state index contributed by atoms with van der Waals surface area (Å²) in [7, 11) is 0. The van der Waals surface area contributed by atoms with Gasteiger partial charge >= 0.3 is 6.36 Å². The van der Waals surface area contributed by atoms with E-state index in [2.05, 4.69) is 10.1 Å². The topological polar surface area (TPSA) is 84.6 Å². The van der Waals surface area contributed by atoms with Crippen molar-refractivity contribution in [3.8, 4) is 5.75 Å². The van der Waals surface area contributed by atoms with Crippen LogP contribution in [0.15, 0.2) is 18.2 Å². The Labute approximate surface area is 117 Å². The average Bonchev–Trinajstić information content (AvgIpc) is 2.33. The molecule has 1 aromatic carbocycles. The number of carbonyl (C=O) groups is 1. The van der Waals surface area contributed by atoms with E-state index in [4.69, 9.17) is 17.3 Å². The Morgan fingerprint density at radius 2 is 2.15 bits per heavy atom. The van der Waals surface area contributed by atoms with Crippen molar-refractivity contribution in [3.63, 3.8) is 0 Å². The molecule has 0 saturated heterocycles. The van der Waals surface area contributed by atoms with E-state index < -0.39 is 24.1 Å². The fourth-order valence-electron chi connectivity index (χ4n) is 1.36. The number of nitrogens with two attached hydrogens (primary N) is 1. The lowest BCUT2D eigenvalue weighted by Gasteiger charge is -2.15. The van der Waals surface area contributed by atoms with Crippen LogP contribution in [0.5, 0.6) is 5.75 Å². The molecule has 1 rings (SSSR count). The summed E-state index contributed by atoms with van der Waals surface area (Å²) in [5.41, 5.74) is 5.09. The van der Waals surface area contributed by atoms with E-state index in [1.165, 1.54) is 0 Å². The van der Waals surface area contributed by atoms with E-state index >= 15 is 0 Å². The number of anilines is 1. The second kappa shape index (κ2) is 6.67. The van der Waals surface area contributed by atoms with Gasteiger partial charge in [0.05, 0.1) is 23.2 Å². The highest BCUT2D eigenvalue weighted by molar-refractivity contribution is 6.18. The number of alkyl halides is 4. The summed E-state index contributed by atoms with van der Waals surface area (Å²) < 4.78 is 40.1. The Kier molecular flexibility index (Phi) is 5.46. The van der Waals surface area contributed by atoms with Crippen molar-refractivity contribution >= 4 is 23.2 Å². The van der Waals surface area contributed by atoms with Crippen LogP contribution >= 0.6 is 11.6 Å². The van der Waals surface area contributed by atoms with Gasteiger partial charge in [-0.3, -0.25) is 4.79 Å². The lowest BCUT2D eigenvalue weighted by molar-refractivity contribution is -0.274. The Bertz CT molecular complexity index is 482. The first-order valence-corrected chi connectivity index (χ1v) is 5.94. The summed E-state index contributed by atoms with van der Waals surface area (Å²) in [4.78, 5) is 11.2. The van der Waals surface area contributed by atoms with E-state index in [1.807, 2.05) is 0 Å². The number of primary amides is 1. The zero-order valence-corrected chi connectivity index (χ0v) is 10.8. The third-order valence-electron chi connectivity index (χ3n) is 2.20. The molecule has 0 aliphatic heterocycles. The van der Waals surface area contributed by atoms with E-state index in [-0.39, 0.29) is 23.7 Å². The molecule has 0 bridgehead atoms. The summed E-state index contributed by atoms with van der Waals surface area (Å²) in [5, 5.41) is 11.9. The van der Waals surface area contributed by atoms with Gasteiger partial charge in [0.25, 0.3) is 5.91 Å². The molecule has 0 aliphatic carbocycles. The van der Waals surface area contributed by atoms with Crippen LogP contribution in [-0.2, 0) is 0 Å². The lowest BCUT2D eigenvalue weighted by atomic mass is 10.1. The maximum Gasteiger partial charge on any atom is 0.573 e. The maximum absolute atomic E-state index is 12.1. The van der Waals surface area contributed by atoms with Crippen molar-refractivity contribution in [2.45, 2.75) is 12.5 Å². The molecule has 1 atom stereocenters. The van der Waals surface area contributed by atoms with Crippen LogP contribution in [0, 0.1) is 0 Å². The van der Waals surface area contributed by atoms with Crippen molar-refractivity contribution < 1.29 is 27.8 Å². The predicted molar refractivity (Wildman–Crippen MR) is 66.9 cm³/mol. The molecular formula is C11H12ClF3N2O3. The monoisotopic (exact) mass is 312 g/mol. The smallest absolute Gasteiger partial charge is 0.406 e. The Morgan fingerprint density at radius 3 is 2.65 bits per heavy atom. The molecule has 1 amide bonds. The van der Waals surface area contributed by atoms with Crippen LogP contribution in [0.1, 0.15) is 10.4 Å². The average molecular weight is 313 g/mol. The van der Waals surface area contributed by atoms with E-state index in [1.54, 1.807) is 0 Å². The number of aliphatic hydroxyl groups excluding tert-OH is 1. The van der Waals surface area contributed by atoms with E-state index in [0.717, 1.165) is 18.2 Å². The van der Waals surface area contributed by atoms with Crippen LogP contribution < -0.4 is 15.8 Å². The molecule has 112 valence electrons. The minimum atomic E-state index is -4.85. The number of rotatable bonds is 6. The van der Waals surface area contributed by atoms with Crippen molar-refractivity contribution in [1.29, 1.82) is 0 Å². The number of nitrogens with one attached hydrogen (secondary N) is 1. The first-order valence-electron chi connectivity index (χ1n) is 5.40. The van der Waals surface area contributed by atoms with Crippen LogP contribution in [0.3, 0.4) is 0 Å². The molecule has 0 radical (unpaired) electrons. The normalized spacial score (nSPS) is 12.8. The molecule has 0 heterocycles.